The third kappa shape index (κ3) is 18.2. The van der Waals surface area contributed by atoms with E-state index in [0.29, 0.717) is 0 Å². The maximum Gasteiger partial charge on any atom is 0.256 e. The Balaban J connectivity index is 2.29. The summed E-state index contributed by atoms with van der Waals surface area (Å²) < 4.78 is 5.21. The second-order valence-corrected chi connectivity index (χ2v) is 11.3. The van der Waals surface area contributed by atoms with E-state index in [4.69, 9.17) is 0 Å². The minimum absolute atomic E-state index is 1.22. The quantitative estimate of drug-likeness (QED) is 0.0858. The van der Waals surface area contributed by atoms with Crippen molar-refractivity contribution in [1.82, 2.24) is 4.57 Å². The van der Waals surface area contributed by atoms with Crippen LogP contribution in [-0.2, 0) is 19.5 Å². The van der Waals surface area contributed by atoms with Gasteiger partial charge in [-0.15, -0.1) is 0 Å². The van der Waals surface area contributed by atoms with Crippen molar-refractivity contribution in [2.75, 3.05) is 0 Å². The zero-order chi connectivity index (χ0) is 25.2. The molecule has 0 saturated heterocycles. The molecule has 0 saturated carbocycles. The predicted molar refractivity (Wildman–Crippen MR) is 156 cm³/mol. The van der Waals surface area contributed by atoms with E-state index in [0.717, 1.165) is 0 Å². The van der Waals surface area contributed by atoms with Crippen LogP contribution in [0.2, 0.25) is 0 Å². The van der Waals surface area contributed by atoms with Gasteiger partial charge in [0.1, 0.15) is 12.4 Å². The molecule has 0 radical (unpaired) electrons. The van der Waals surface area contributed by atoms with E-state index in [1.165, 1.54) is 174 Å². The molecular formula is C33H65N2+. The number of hydrogen-bond donors (Lipinski definition) is 0. The lowest BCUT2D eigenvalue weighted by Crippen LogP contribution is -2.37. The topological polar surface area (TPSA) is 8.81 Å². The zero-order valence-corrected chi connectivity index (χ0v) is 24.6. The molecule has 0 aliphatic rings. The highest BCUT2D eigenvalue weighted by molar-refractivity contribution is 4.84. The fourth-order valence-corrected chi connectivity index (χ4v) is 5.44. The van der Waals surface area contributed by atoms with Crippen molar-refractivity contribution in [3.63, 3.8) is 0 Å². The van der Waals surface area contributed by atoms with Crippen LogP contribution in [0.5, 0.6) is 0 Å². The molecule has 0 aliphatic heterocycles. The van der Waals surface area contributed by atoms with Crippen LogP contribution >= 0.6 is 0 Å². The van der Waals surface area contributed by atoms with Gasteiger partial charge in [-0.2, -0.15) is 0 Å². The smallest absolute Gasteiger partial charge is 0.234 e. The summed E-state index contributed by atoms with van der Waals surface area (Å²) in [6, 6.07) is 0. The molecule has 0 bridgehead atoms. The normalized spacial score (nSPS) is 11.5. The van der Waals surface area contributed by atoms with Crippen LogP contribution in [0.25, 0.3) is 0 Å². The first-order valence-electron chi connectivity index (χ1n) is 16.4. The average molecular weight is 490 g/mol. The molecular weight excluding hydrogens is 424 g/mol. The Kier molecular flexibility index (Phi) is 22.9. The monoisotopic (exact) mass is 490 g/mol. The molecule has 1 aromatic heterocycles. The summed E-state index contributed by atoms with van der Waals surface area (Å²) >= 11 is 0. The third-order valence-electron chi connectivity index (χ3n) is 7.85. The number of aromatic nitrogens is 2. The van der Waals surface area contributed by atoms with Gasteiger partial charge >= 0.3 is 0 Å². The van der Waals surface area contributed by atoms with Crippen LogP contribution in [0.1, 0.15) is 181 Å². The molecule has 35 heavy (non-hydrogen) atoms. The summed E-state index contributed by atoms with van der Waals surface area (Å²) in [7, 11) is 0. The molecule has 0 amide bonds. The molecule has 2 heteroatoms. The Hall–Kier alpha value is -0.790. The fraction of sp³-hybridized carbons (Fsp3) is 0.909. The number of imidazole rings is 1. The van der Waals surface area contributed by atoms with Crippen molar-refractivity contribution in [3.8, 4) is 0 Å². The van der Waals surface area contributed by atoms with Crippen LogP contribution in [0.4, 0.5) is 0 Å². The lowest BCUT2D eigenvalue weighted by Gasteiger charge is -2.07. The van der Waals surface area contributed by atoms with Crippen LogP contribution in [0.3, 0.4) is 0 Å². The largest absolute Gasteiger partial charge is 0.256 e. The van der Waals surface area contributed by atoms with E-state index in [1.807, 2.05) is 0 Å². The Morgan fingerprint density at radius 2 is 0.886 bits per heavy atom. The molecule has 0 aromatic carbocycles. The minimum Gasteiger partial charge on any atom is -0.234 e. The highest BCUT2D eigenvalue weighted by atomic mass is 15.1. The van der Waals surface area contributed by atoms with Gasteiger partial charge in [0.05, 0.1) is 13.1 Å². The Bertz CT molecular complexity index is 547. The van der Waals surface area contributed by atoms with Crippen LogP contribution in [-0.4, -0.2) is 4.57 Å². The summed E-state index contributed by atoms with van der Waals surface area (Å²) in [4.78, 5) is 0. The Labute approximate surface area is 221 Å². The molecule has 0 aliphatic carbocycles. The number of aryl methyl sites for hydroxylation is 2. The molecule has 0 fully saturated rings. The van der Waals surface area contributed by atoms with Crippen molar-refractivity contribution in [2.24, 2.45) is 0 Å². The molecule has 2 nitrogen and oxygen atoms in total. The van der Waals surface area contributed by atoms with Gasteiger partial charge in [-0.05, 0) is 32.1 Å². The van der Waals surface area contributed by atoms with E-state index in [2.05, 4.69) is 42.3 Å². The number of unbranched alkanes of at least 4 members (excludes halogenated alkanes) is 21. The summed E-state index contributed by atoms with van der Waals surface area (Å²) in [5.74, 6) is 1.61. The van der Waals surface area contributed by atoms with Crippen LogP contribution < -0.4 is 4.57 Å². The van der Waals surface area contributed by atoms with Gasteiger partial charge in [0, 0.05) is 6.42 Å². The molecule has 206 valence electrons. The second-order valence-electron chi connectivity index (χ2n) is 11.3. The Morgan fingerprint density at radius 3 is 1.37 bits per heavy atom. The molecule has 1 heterocycles. The van der Waals surface area contributed by atoms with Crippen molar-refractivity contribution >= 4 is 0 Å². The standard InChI is InChI=1S/C33H65N2/c1-4-7-10-13-15-17-19-21-23-25-28-33-34(29-26-12-9-6-3)31-32-35(33)30-27-24-22-20-18-16-14-11-8-5-2/h31-32H,4-30H2,1-3H3/q+1. The maximum atomic E-state index is 2.61. The van der Waals surface area contributed by atoms with Gasteiger partial charge in [0.2, 0.25) is 0 Å². The first-order valence-corrected chi connectivity index (χ1v) is 16.4. The number of nitrogens with zero attached hydrogens (tertiary/aromatic N) is 2. The highest BCUT2D eigenvalue weighted by Gasteiger charge is 2.16. The van der Waals surface area contributed by atoms with Crippen LogP contribution in [0.15, 0.2) is 12.4 Å². The predicted octanol–water partition coefficient (Wildman–Crippen LogP) is 10.7. The lowest BCUT2D eigenvalue weighted by molar-refractivity contribution is -0.704. The summed E-state index contributed by atoms with van der Waals surface area (Å²) in [6.45, 7) is 9.38. The van der Waals surface area contributed by atoms with E-state index < -0.39 is 0 Å². The van der Waals surface area contributed by atoms with Crippen molar-refractivity contribution in [2.45, 2.75) is 194 Å². The maximum absolute atomic E-state index is 2.61. The van der Waals surface area contributed by atoms with Gasteiger partial charge in [-0.1, -0.05) is 143 Å². The van der Waals surface area contributed by atoms with E-state index >= 15 is 0 Å². The van der Waals surface area contributed by atoms with Gasteiger partial charge < -0.3 is 0 Å². The fourth-order valence-electron chi connectivity index (χ4n) is 5.44. The van der Waals surface area contributed by atoms with E-state index in [1.54, 1.807) is 5.82 Å². The van der Waals surface area contributed by atoms with Gasteiger partial charge in [-0.3, -0.25) is 0 Å². The molecule has 0 N–H and O–H groups in total. The van der Waals surface area contributed by atoms with Gasteiger partial charge in [0.25, 0.3) is 5.82 Å². The average Bonchev–Trinajstić information content (AvgIpc) is 3.25. The van der Waals surface area contributed by atoms with E-state index in [9.17, 15) is 0 Å². The number of rotatable bonds is 27. The van der Waals surface area contributed by atoms with Gasteiger partial charge in [-0.25, -0.2) is 9.13 Å². The summed E-state index contributed by atoms with van der Waals surface area (Å²) in [5, 5.41) is 0. The van der Waals surface area contributed by atoms with Crippen LogP contribution in [0, 0.1) is 0 Å². The molecule has 0 unspecified atom stereocenters. The summed E-state index contributed by atoms with van der Waals surface area (Å²) in [6.07, 6.45) is 40.0. The van der Waals surface area contributed by atoms with E-state index in [-0.39, 0.29) is 0 Å². The zero-order valence-electron chi connectivity index (χ0n) is 24.6. The second kappa shape index (κ2) is 24.9. The number of hydrogen-bond acceptors (Lipinski definition) is 0. The van der Waals surface area contributed by atoms with Crippen molar-refractivity contribution in [1.29, 1.82) is 0 Å². The summed E-state index contributed by atoms with van der Waals surface area (Å²) in [5.41, 5.74) is 0. The first-order chi connectivity index (χ1) is 17.3. The molecule has 1 aromatic rings. The first kappa shape index (κ1) is 32.2. The molecule has 0 spiro atoms. The Morgan fingerprint density at radius 1 is 0.486 bits per heavy atom. The third-order valence-corrected chi connectivity index (χ3v) is 7.85. The van der Waals surface area contributed by atoms with Crippen molar-refractivity contribution < 1.29 is 4.57 Å². The minimum atomic E-state index is 1.22. The lowest BCUT2D eigenvalue weighted by atomic mass is 10.1. The highest BCUT2D eigenvalue weighted by Crippen LogP contribution is 2.14. The molecule has 1 rings (SSSR count). The molecule has 0 atom stereocenters. The van der Waals surface area contributed by atoms with Gasteiger partial charge in [0.15, 0.2) is 0 Å². The van der Waals surface area contributed by atoms with Crippen molar-refractivity contribution in [3.05, 3.63) is 18.2 Å². The SMILES string of the molecule is CCCCCCCCCCCCc1n(CCCCCC)cc[n+]1CCCCCCCCCCCC.